The number of rotatable bonds is 4. The zero-order chi connectivity index (χ0) is 19.3. The van der Waals surface area contributed by atoms with Gasteiger partial charge in [0.1, 0.15) is 5.69 Å². The number of aromatic amines is 1. The number of aromatic nitrogens is 2. The molecule has 5 rings (SSSR count). The molecule has 7 heteroatoms. The van der Waals surface area contributed by atoms with Crippen molar-refractivity contribution in [3.05, 3.63) is 46.1 Å². The Balaban J connectivity index is 1.33. The van der Waals surface area contributed by atoms with Crippen LogP contribution < -0.4 is 5.32 Å². The lowest BCUT2D eigenvalue weighted by Gasteiger charge is -2.31. The van der Waals surface area contributed by atoms with E-state index in [1.807, 2.05) is 23.1 Å². The van der Waals surface area contributed by atoms with E-state index in [1.165, 1.54) is 5.56 Å². The first kappa shape index (κ1) is 17.7. The fourth-order valence-electron chi connectivity index (χ4n) is 4.12. The Bertz CT molecular complexity index is 1030. The molecule has 3 N–H and O–H groups in total. The molecule has 2 aromatic heterocycles. The van der Waals surface area contributed by atoms with Crippen molar-refractivity contribution in [1.82, 2.24) is 14.9 Å². The highest BCUT2D eigenvalue weighted by Crippen LogP contribution is 2.32. The normalized spacial score (nSPS) is 21.4. The van der Waals surface area contributed by atoms with Crippen LogP contribution in [0.4, 0.5) is 5.13 Å². The molecule has 1 fully saturated rings. The zero-order valence-corrected chi connectivity index (χ0v) is 16.7. The summed E-state index contributed by atoms with van der Waals surface area (Å²) in [6, 6.07) is 8.49. The summed E-state index contributed by atoms with van der Waals surface area (Å²) < 4.78 is 0. The van der Waals surface area contributed by atoms with Crippen molar-refractivity contribution in [2.45, 2.75) is 51.3 Å². The minimum absolute atomic E-state index is 0.0499. The molecule has 1 aromatic carbocycles. The summed E-state index contributed by atoms with van der Waals surface area (Å²) in [6.07, 6.45) is 3.13. The van der Waals surface area contributed by atoms with Gasteiger partial charge in [-0.2, -0.15) is 0 Å². The van der Waals surface area contributed by atoms with Gasteiger partial charge < -0.3 is 20.3 Å². The highest BCUT2D eigenvalue weighted by Gasteiger charge is 2.30. The Hall–Kier alpha value is -2.38. The van der Waals surface area contributed by atoms with Crippen LogP contribution in [0.25, 0.3) is 10.9 Å². The van der Waals surface area contributed by atoms with Crippen LogP contribution in [0.15, 0.2) is 24.3 Å². The van der Waals surface area contributed by atoms with Crippen molar-refractivity contribution in [2.75, 3.05) is 11.9 Å². The average molecular weight is 397 g/mol. The summed E-state index contributed by atoms with van der Waals surface area (Å²) in [6.45, 7) is 3.43. The van der Waals surface area contributed by atoms with E-state index in [0.717, 1.165) is 52.3 Å². The number of aryl methyl sites for hydroxylation is 1. The lowest BCUT2D eigenvalue weighted by molar-refractivity contribution is 0.0731. The maximum absolute atomic E-state index is 13.1. The number of carbonyl (C=O) groups excluding carboxylic acids is 1. The number of nitrogens with one attached hydrogen (secondary N) is 2. The Morgan fingerprint density at radius 3 is 3.07 bits per heavy atom. The number of hydrogen-bond donors (Lipinski definition) is 3. The third-order valence-corrected chi connectivity index (χ3v) is 6.84. The monoisotopic (exact) mass is 396 g/mol. The van der Waals surface area contributed by atoms with E-state index in [9.17, 15) is 9.90 Å². The molecular weight excluding hydrogens is 372 g/mol. The van der Waals surface area contributed by atoms with Crippen LogP contribution >= 0.6 is 11.3 Å². The number of hydrogen-bond acceptors (Lipinski definition) is 5. The van der Waals surface area contributed by atoms with Crippen molar-refractivity contribution in [3.63, 3.8) is 0 Å². The number of benzene rings is 1. The van der Waals surface area contributed by atoms with Crippen LogP contribution in [0.5, 0.6) is 0 Å². The number of anilines is 1. The second-order valence-electron chi connectivity index (χ2n) is 7.75. The van der Waals surface area contributed by atoms with Crippen LogP contribution in [0, 0.1) is 0 Å². The van der Waals surface area contributed by atoms with Gasteiger partial charge in [-0.05, 0) is 37.0 Å². The van der Waals surface area contributed by atoms with Crippen molar-refractivity contribution in [3.8, 4) is 0 Å². The number of fused-ring (bicyclic) bond motifs is 2. The van der Waals surface area contributed by atoms with Crippen molar-refractivity contribution in [1.29, 1.82) is 0 Å². The molecule has 146 valence electrons. The van der Waals surface area contributed by atoms with Crippen LogP contribution in [0.2, 0.25) is 0 Å². The maximum Gasteiger partial charge on any atom is 0.270 e. The molecule has 1 aliphatic heterocycles. The number of carbonyl (C=O) groups is 1. The first-order valence-electron chi connectivity index (χ1n) is 9.93. The topological polar surface area (TPSA) is 81.2 Å². The molecule has 1 aliphatic carbocycles. The standard InChI is InChI=1S/C21H24N4O2S/c1-2-12-4-3-5-16-15(12)10-18(23-16)20(27)25-7-6-17-19(11-25)28-21(24-17)22-13-8-14(26)9-13/h3-5,10,13-14,23,26H,2,6-9,11H2,1H3,(H,22,24)/t13-,14-. The predicted octanol–water partition coefficient (Wildman–Crippen LogP) is 3.32. The summed E-state index contributed by atoms with van der Waals surface area (Å²) in [4.78, 5) is 24.2. The minimum atomic E-state index is -0.176. The second-order valence-corrected chi connectivity index (χ2v) is 8.83. The molecule has 0 radical (unpaired) electrons. The Morgan fingerprint density at radius 1 is 1.43 bits per heavy atom. The van der Waals surface area contributed by atoms with E-state index in [4.69, 9.17) is 4.98 Å². The van der Waals surface area contributed by atoms with E-state index in [0.29, 0.717) is 24.8 Å². The molecule has 6 nitrogen and oxygen atoms in total. The molecule has 28 heavy (non-hydrogen) atoms. The van der Waals surface area contributed by atoms with E-state index >= 15 is 0 Å². The molecule has 0 unspecified atom stereocenters. The van der Waals surface area contributed by atoms with Gasteiger partial charge in [0.25, 0.3) is 5.91 Å². The van der Waals surface area contributed by atoms with Gasteiger partial charge in [-0.15, -0.1) is 0 Å². The van der Waals surface area contributed by atoms with Crippen molar-refractivity contribution < 1.29 is 9.90 Å². The van der Waals surface area contributed by atoms with Gasteiger partial charge in [0.05, 0.1) is 18.3 Å². The highest BCUT2D eigenvalue weighted by molar-refractivity contribution is 7.15. The molecule has 2 aliphatic rings. The Morgan fingerprint density at radius 2 is 2.29 bits per heavy atom. The van der Waals surface area contributed by atoms with Gasteiger partial charge in [0.15, 0.2) is 5.13 Å². The van der Waals surface area contributed by atoms with Gasteiger partial charge in [-0.3, -0.25) is 4.79 Å². The minimum Gasteiger partial charge on any atom is -0.393 e. The first-order valence-corrected chi connectivity index (χ1v) is 10.8. The third-order valence-electron chi connectivity index (χ3n) is 5.82. The summed E-state index contributed by atoms with van der Waals surface area (Å²) in [5.41, 5.74) is 4.03. The van der Waals surface area contributed by atoms with Gasteiger partial charge in [0, 0.05) is 34.8 Å². The largest absolute Gasteiger partial charge is 0.393 e. The number of aliphatic hydroxyl groups is 1. The summed E-state index contributed by atoms with van der Waals surface area (Å²) >= 11 is 1.63. The summed E-state index contributed by atoms with van der Waals surface area (Å²) in [5.74, 6) is 0.0499. The van der Waals surface area contributed by atoms with Gasteiger partial charge in [0.2, 0.25) is 0 Å². The Kier molecular flexibility index (Phi) is 4.36. The summed E-state index contributed by atoms with van der Waals surface area (Å²) in [5, 5.41) is 14.9. The number of nitrogens with zero attached hydrogens (tertiary/aromatic N) is 2. The molecular formula is C21H24N4O2S. The molecule has 3 heterocycles. The summed E-state index contributed by atoms with van der Waals surface area (Å²) in [7, 11) is 0. The lowest BCUT2D eigenvalue weighted by atomic mass is 9.90. The van der Waals surface area contributed by atoms with Crippen LogP contribution in [0.3, 0.4) is 0 Å². The molecule has 0 bridgehead atoms. The zero-order valence-electron chi connectivity index (χ0n) is 15.9. The lowest BCUT2D eigenvalue weighted by Crippen LogP contribution is -2.38. The third kappa shape index (κ3) is 3.08. The SMILES string of the molecule is CCc1cccc2[nH]c(C(=O)N3CCc4nc(N[C@H]5C[C@H](O)C5)sc4C3)cc12. The van der Waals surface area contributed by atoms with Crippen LogP contribution in [-0.4, -0.2) is 44.6 Å². The van der Waals surface area contributed by atoms with Crippen LogP contribution in [0.1, 0.15) is 46.4 Å². The van der Waals surface area contributed by atoms with Crippen molar-refractivity contribution in [2.24, 2.45) is 0 Å². The van der Waals surface area contributed by atoms with E-state index in [-0.39, 0.29) is 12.0 Å². The van der Waals surface area contributed by atoms with Gasteiger partial charge in [-0.25, -0.2) is 4.98 Å². The molecule has 1 amide bonds. The number of amides is 1. The Labute approximate surface area is 167 Å². The first-order chi connectivity index (χ1) is 13.6. The fraction of sp³-hybridized carbons (Fsp3) is 0.429. The molecule has 0 saturated heterocycles. The highest BCUT2D eigenvalue weighted by atomic mass is 32.1. The quantitative estimate of drug-likeness (QED) is 0.632. The van der Waals surface area contributed by atoms with Gasteiger partial charge in [-0.1, -0.05) is 30.4 Å². The number of thiazole rings is 1. The number of H-pyrrole nitrogens is 1. The fourth-order valence-corrected chi connectivity index (χ4v) is 5.22. The predicted molar refractivity (Wildman–Crippen MR) is 111 cm³/mol. The smallest absolute Gasteiger partial charge is 0.270 e. The number of aliphatic hydroxyl groups excluding tert-OH is 1. The molecule has 0 atom stereocenters. The molecule has 0 spiro atoms. The van der Waals surface area contributed by atoms with Gasteiger partial charge >= 0.3 is 0 Å². The van der Waals surface area contributed by atoms with Crippen LogP contribution in [-0.2, 0) is 19.4 Å². The molecule has 3 aromatic rings. The second kappa shape index (κ2) is 6.90. The molecule has 1 saturated carbocycles. The van der Waals surface area contributed by atoms with E-state index in [2.05, 4.69) is 23.3 Å². The van der Waals surface area contributed by atoms with E-state index < -0.39 is 0 Å². The maximum atomic E-state index is 13.1. The van der Waals surface area contributed by atoms with Crippen molar-refractivity contribution >= 4 is 33.3 Å². The average Bonchev–Trinajstić information content (AvgIpc) is 3.28. The van der Waals surface area contributed by atoms with E-state index in [1.54, 1.807) is 11.3 Å².